The van der Waals surface area contributed by atoms with E-state index in [1.807, 2.05) is 0 Å². The van der Waals surface area contributed by atoms with Crippen LogP contribution in [0, 0.1) is 0 Å². The zero-order valence-electron chi connectivity index (χ0n) is 9.38. The van der Waals surface area contributed by atoms with Crippen LogP contribution in [0.2, 0.25) is 0 Å². The van der Waals surface area contributed by atoms with E-state index in [4.69, 9.17) is 0 Å². The van der Waals surface area contributed by atoms with Crippen molar-refractivity contribution in [1.29, 1.82) is 0 Å². The van der Waals surface area contributed by atoms with Crippen LogP contribution >= 0.6 is 12.6 Å². The molecule has 0 spiro atoms. The number of hydrogen-bond donors (Lipinski definition) is 1. The van der Waals surface area contributed by atoms with E-state index >= 15 is 0 Å². The van der Waals surface area contributed by atoms with Gasteiger partial charge >= 0.3 is 0 Å². The highest BCUT2D eigenvalue weighted by Crippen LogP contribution is 2.31. The molecule has 0 aliphatic rings. The van der Waals surface area contributed by atoms with Crippen molar-refractivity contribution in [3.05, 3.63) is 35.4 Å². The van der Waals surface area contributed by atoms with Crippen molar-refractivity contribution in [3.63, 3.8) is 0 Å². The second-order valence-electron chi connectivity index (χ2n) is 4.07. The summed E-state index contributed by atoms with van der Waals surface area (Å²) >= 11 is 4.66. The summed E-state index contributed by atoms with van der Waals surface area (Å²) in [5.74, 6) is 0. The number of thiol groups is 1. The summed E-state index contributed by atoms with van der Waals surface area (Å²) in [7, 11) is 0. The minimum absolute atomic E-state index is 0.0186. The van der Waals surface area contributed by atoms with Crippen LogP contribution < -0.4 is 0 Å². The molecule has 1 unspecified atom stereocenters. The Bertz CT molecular complexity index is 272. The molecule has 0 nitrogen and oxygen atoms in total. The van der Waals surface area contributed by atoms with Crippen LogP contribution in [0.4, 0.5) is 0 Å². The van der Waals surface area contributed by atoms with Gasteiger partial charge in [-0.05, 0) is 30.9 Å². The summed E-state index contributed by atoms with van der Waals surface area (Å²) in [6.45, 7) is 6.56. The summed E-state index contributed by atoms with van der Waals surface area (Å²) < 4.78 is 0.0186. The second-order valence-corrected chi connectivity index (χ2v) is 5.06. The van der Waals surface area contributed by atoms with Gasteiger partial charge in [0.1, 0.15) is 0 Å². The standard InChI is InChI=1S/C13H20S/c1-4-6-11-7-9-12(10-8-11)13(3,14)5-2/h7-10,14H,4-6H2,1-3H3. The Hall–Kier alpha value is -0.430. The lowest BCUT2D eigenvalue weighted by Crippen LogP contribution is -2.11. The van der Waals surface area contributed by atoms with Crippen LogP contribution in [0.3, 0.4) is 0 Å². The van der Waals surface area contributed by atoms with E-state index in [1.54, 1.807) is 0 Å². The van der Waals surface area contributed by atoms with E-state index in [1.165, 1.54) is 24.0 Å². The summed E-state index contributed by atoms with van der Waals surface area (Å²) in [6, 6.07) is 8.87. The van der Waals surface area contributed by atoms with E-state index in [-0.39, 0.29) is 4.75 Å². The zero-order valence-corrected chi connectivity index (χ0v) is 10.3. The molecule has 0 N–H and O–H groups in total. The van der Waals surface area contributed by atoms with Gasteiger partial charge in [0.25, 0.3) is 0 Å². The zero-order chi connectivity index (χ0) is 10.6. The average molecular weight is 208 g/mol. The topological polar surface area (TPSA) is 0 Å². The first-order valence-corrected chi connectivity index (χ1v) is 5.86. The lowest BCUT2D eigenvalue weighted by molar-refractivity contribution is 0.670. The van der Waals surface area contributed by atoms with Crippen molar-refractivity contribution in [1.82, 2.24) is 0 Å². The maximum Gasteiger partial charge on any atom is 0.0347 e. The molecule has 1 heteroatoms. The molecule has 0 saturated heterocycles. The summed E-state index contributed by atoms with van der Waals surface area (Å²) in [5, 5.41) is 0. The fraction of sp³-hybridized carbons (Fsp3) is 0.538. The number of benzene rings is 1. The third-order valence-corrected chi connectivity index (χ3v) is 3.38. The molecule has 0 heterocycles. The molecule has 0 aromatic heterocycles. The summed E-state index contributed by atoms with van der Waals surface area (Å²) in [5.41, 5.74) is 2.75. The number of rotatable bonds is 4. The molecule has 1 rings (SSSR count). The molecule has 0 bridgehead atoms. The Kier molecular flexibility index (Phi) is 4.06. The molecule has 0 fully saturated rings. The van der Waals surface area contributed by atoms with Crippen LogP contribution in [0.5, 0.6) is 0 Å². The Labute approximate surface area is 93.1 Å². The van der Waals surface area contributed by atoms with Gasteiger partial charge in [-0.2, -0.15) is 12.6 Å². The van der Waals surface area contributed by atoms with Crippen LogP contribution in [0.15, 0.2) is 24.3 Å². The van der Waals surface area contributed by atoms with Gasteiger partial charge in [-0.25, -0.2) is 0 Å². The van der Waals surface area contributed by atoms with Crippen LogP contribution in [-0.2, 0) is 11.2 Å². The molecule has 0 aliphatic carbocycles. The summed E-state index contributed by atoms with van der Waals surface area (Å²) in [4.78, 5) is 0. The van der Waals surface area contributed by atoms with Crippen molar-refractivity contribution in [3.8, 4) is 0 Å². The molecule has 0 amide bonds. The Morgan fingerprint density at radius 3 is 2.14 bits per heavy atom. The highest BCUT2D eigenvalue weighted by Gasteiger charge is 2.18. The van der Waals surface area contributed by atoms with E-state index in [0.29, 0.717) is 0 Å². The quantitative estimate of drug-likeness (QED) is 0.705. The molecular formula is C13H20S. The van der Waals surface area contributed by atoms with Crippen molar-refractivity contribution in [2.75, 3.05) is 0 Å². The lowest BCUT2D eigenvalue weighted by Gasteiger charge is -2.22. The molecule has 1 aromatic carbocycles. The van der Waals surface area contributed by atoms with Gasteiger partial charge in [-0.3, -0.25) is 0 Å². The smallest absolute Gasteiger partial charge is 0.0347 e. The van der Waals surface area contributed by atoms with E-state index in [0.717, 1.165) is 6.42 Å². The maximum absolute atomic E-state index is 4.66. The van der Waals surface area contributed by atoms with Crippen molar-refractivity contribution in [2.24, 2.45) is 0 Å². The van der Waals surface area contributed by atoms with Crippen LogP contribution in [0.25, 0.3) is 0 Å². The van der Waals surface area contributed by atoms with Gasteiger partial charge in [0, 0.05) is 4.75 Å². The minimum atomic E-state index is 0.0186. The van der Waals surface area contributed by atoms with Crippen molar-refractivity contribution < 1.29 is 0 Å². The lowest BCUT2D eigenvalue weighted by atomic mass is 9.96. The first-order chi connectivity index (χ1) is 6.60. The number of aryl methyl sites for hydroxylation is 1. The highest BCUT2D eigenvalue weighted by molar-refractivity contribution is 7.81. The van der Waals surface area contributed by atoms with Crippen molar-refractivity contribution in [2.45, 2.75) is 44.8 Å². The predicted octanol–water partition coefficient (Wildman–Crippen LogP) is 4.19. The fourth-order valence-corrected chi connectivity index (χ4v) is 1.67. The van der Waals surface area contributed by atoms with Crippen LogP contribution in [0.1, 0.15) is 44.7 Å². The van der Waals surface area contributed by atoms with E-state index < -0.39 is 0 Å². The van der Waals surface area contributed by atoms with Gasteiger partial charge in [0.05, 0.1) is 0 Å². The number of hydrogen-bond acceptors (Lipinski definition) is 1. The first-order valence-electron chi connectivity index (χ1n) is 5.42. The van der Waals surface area contributed by atoms with Crippen LogP contribution in [-0.4, -0.2) is 0 Å². The Morgan fingerprint density at radius 1 is 1.14 bits per heavy atom. The van der Waals surface area contributed by atoms with Gasteiger partial charge in [-0.15, -0.1) is 0 Å². The SMILES string of the molecule is CCCc1ccc(C(C)(S)CC)cc1. The van der Waals surface area contributed by atoms with E-state index in [9.17, 15) is 0 Å². The van der Waals surface area contributed by atoms with Gasteiger partial charge < -0.3 is 0 Å². The van der Waals surface area contributed by atoms with Gasteiger partial charge in [0.15, 0.2) is 0 Å². The van der Waals surface area contributed by atoms with E-state index in [2.05, 4.69) is 57.7 Å². The van der Waals surface area contributed by atoms with Gasteiger partial charge in [-0.1, -0.05) is 44.5 Å². The minimum Gasteiger partial charge on any atom is -0.168 e. The molecule has 0 radical (unpaired) electrons. The first kappa shape index (κ1) is 11.6. The summed E-state index contributed by atoms with van der Waals surface area (Å²) in [6.07, 6.45) is 3.45. The monoisotopic (exact) mass is 208 g/mol. The average Bonchev–Trinajstić information content (AvgIpc) is 2.19. The Morgan fingerprint density at radius 2 is 1.71 bits per heavy atom. The molecule has 1 atom stereocenters. The third kappa shape index (κ3) is 2.78. The Balaban J connectivity index is 2.82. The molecule has 0 aliphatic heterocycles. The molecule has 1 aromatic rings. The molecule has 78 valence electrons. The van der Waals surface area contributed by atoms with Crippen molar-refractivity contribution >= 4 is 12.6 Å². The predicted molar refractivity (Wildman–Crippen MR) is 67.1 cm³/mol. The fourth-order valence-electron chi connectivity index (χ4n) is 1.52. The molecule has 14 heavy (non-hydrogen) atoms. The molecule has 0 saturated carbocycles. The molecular weight excluding hydrogens is 188 g/mol. The maximum atomic E-state index is 4.66. The third-order valence-electron chi connectivity index (χ3n) is 2.80. The van der Waals surface area contributed by atoms with Gasteiger partial charge in [0.2, 0.25) is 0 Å². The second kappa shape index (κ2) is 4.88. The normalized spacial score (nSPS) is 15.1. The largest absolute Gasteiger partial charge is 0.168 e. The highest BCUT2D eigenvalue weighted by atomic mass is 32.1.